The molecule has 0 aromatic heterocycles. The number of rotatable bonds is 3. The Bertz CT molecular complexity index is 553. The monoisotopic (exact) mass is 317 g/mol. The first-order chi connectivity index (χ1) is 11.2. The molecule has 5 heteroatoms. The van der Waals surface area contributed by atoms with Crippen LogP contribution in [-0.4, -0.2) is 43.6 Å². The number of likely N-dealkylation sites (tertiary alicyclic amines) is 1. The number of amides is 1. The van der Waals surface area contributed by atoms with Crippen molar-refractivity contribution < 1.29 is 9.53 Å². The number of methoxy groups -OCH3 is 1. The Morgan fingerprint density at radius 1 is 1.13 bits per heavy atom. The highest BCUT2D eigenvalue weighted by atomic mass is 16.5. The van der Waals surface area contributed by atoms with E-state index >= 15 is 0 Å². The number of anilines is 2. The van der Waals surface area contributed by atoms with Crippen molar-refractivity contribution >= 4 is 17.3 Å². The number of benzene rings is 1. The first-order valence-corrected chi connectivity index (χ1v) is 8.67. The summed E-state index contributed by atoms with van der Waals surface area (Å²) in [6.45, 7) is 2.84. The number of piperidine rings is 1. The molecule has 1 aromatic carbocycles. The second kappa shape index (κ2) is 7.11. The lowest BCUT2D eigenvalue weighted by atomic mass is 10.0. The van der Waals surface area contributed by atoms with Gasteiger partial charge in [-0.2, -0.15) is 0 Å². The summed E-state index contributed by atoms with van der Waals surface area (Å²) in [5.74, 6) is 1.14. The van der Waals surface area contributed by atoms with Crippen LogP contribution in [0.25, 0.3) is 0 Å². The topological polar surface area (TPSA) is 58.8 Å². The Morgan fingerprint density at radius 3 is 2.61 bits per heavy atom. The maximum absolute atomic E-state index is 12.3. The number of hydrogen-bond acceptors (Lipinski definition) is 4. The highest BCUT2D eigenvalue weighted by Gasteiger charge is 2.29. The number of carbonyl (C=O) groups is 1. The van der Waals surface area contributed by atoms with E-state index in [-0.39, 0.29) is 0 Å². The highest BCUT2D eigenvalue weighted by molar-refractivity contribution is 5.77. The molecule has 126 valence electrons. The highest BCUT2D eigenvalue weighted by Crippen LogP contribution is 2.31. The molecule has 3 rings (SSSR count). The van der Waals surface area contributed by atoms with Crippen molar-refractivity contribution in [2.24, 2.45) is 0 Å². The molecule has 5 nitrogen and oxygen atoms in total. The fourth-order valence-corrected chi connectivity index (χ4v) is 3.76. The van der Waals surface area contributed by atoms with Crippen molar-refractivity contribution in [1.29, 1.82) is 0 Å². The number of nitrogens with zero attached hydrogens (tertiary/aromatic N) is 2. The van der Waals surface area contributed by atoms with Gasteiger partial charge in [0.1, 0.15) is 5.75 Å². The van der Waals surface area contributed by atoms with E-state index in [0.29, 0.717) is 11.9 Å². The molecule has 0 atom stereocenters. The van der Waals surface area contributed by atoms with Gasteiger partial charge in [0, 0.05) is 38.2 Å². The molecule has 2 aliphatic rings. The van der Waals surface area contributed by atoms with E-state index in [9.17, 15) is 4.79 Å². The largest absolute Gasteiger partial charge is 0.497 e. The molecule has 1 amide bonds. The van der Waals surface area contributed by atoms with Gasteiger partial charge in [-0.05, 0) is 37.8 Å². The third-order valence-electron chi connectivity index (χ3n) is 5.09. The lowest BCUT2D eigenvalue weighted by Gasteiger charge is -2.39. The molecule has 0 spiro atoms. The van der Waals surface area contributed by atoms with Crippen LogP contribution in [0, 0.1) is 0 Å². The minimum absolute atomic E-state index is 0.352. The molecule has 0 unspecified atom stereocenters. The summed E-state index contributed by atoms with van der Waals surface area (Å²) in [6.07, 6.45) is 6.16. The number of ether oxygens (including phenoxy) is 1. The summed E-state index contributed by atoms with van der Waals surface area (Å²) in [5.41, 5.74) is 8.00. The van der Waals surface area contributed by atoms with Gasteiger partial charge in [0.2, 0.25) is 5.91 Å². The first kappa shape index (κ1) is 16.0. The van der Waals surface area contributed by atoms with E-state index < -0.39 is 0 Å². The molecule has 2 heterocycles. The lowest BCUT2D eigenvalue weighted by molar-refractivity contribution is -0.133. The van der Waals surface area contributed by atoms with Gasteiger partial charge in [-0.1, -0.05) is 6.42 Å². The number of nitrogens with two attached hydrogens (primary N) is 1. The van der Waals surface area contributed by atoms with Crippen LogP contribution in [-0.2, 0) is 4.79 Å². The van der Waals surface area contributed by atoms with Crippen LogP contribution in [0.2, 0.25) is 0 Å². The smallest absolute Gasteiger partial charge is 0.222 e. The van der Waals surface area contributed by atoms with E-state index in [0.717, 1.165) is 68.9 Å². The molecular formula is C18H27N3O2. The summed E-state index contributed by atoms with van der Waals surface area (Å²) in [7, 11) is 1.65. The maximum atomic E-state index is 12.3. The summed E-state index contributed by atoms with van der Waals surface area (Å²) in [5, 5.41) is 0. The second-order valence-corrected chi connectivity index (χ2v) is 6.54. The van der Waals surface area contributed by atoms with E-state index in [1.54, 1.807) is 7.11 Å². The van der Waals surface area contributed by atoms with E-state index in [2.05, 4.69) is 9.80 Å². The number of nitrogen functional groups attached to an aromatic ring is 1. The van der Waals surface area contributed by atoms with Gasteiger partial charge in [-0.15, -0.1) is 0 Å². The van der Waals surface area contributed by atoms with E-state index in [4.69, 9.17) is 10.5 Å². The van der Waals surface area contributed by atoms with Crippen LogP contribution in [0.5, 0.6) is 5.75 Å². The fourth-order valence-electron chi connectivity index (χ4n) is 3.76. The standard InChI is InChI=1S/C18H27N3O2/c1-23-15-6-7-17(16(19)13-15)20-11-8-14(9-12-20)21-10-4-2-3-5-18(21)22/h6-7,13-14H,2-5,8-12,19H2,1H3. The summed E-state index contributed by atoms with van der Waals surface area (Å²) in [6, 6.07) is 6.26. The zero-order chi connectivity index (χ0) is 16.2. The third kappa shape index (κ3) is 3.54. The van der Waals surface area contributed by atoms with Crippen molar-refractivity contribution in [3.8, 4) is 5.75 Å². The fraction of sp³-hybridized carbons (Fsp3) is 0.611. The predicted molar refractivity (Wildman–Crippen MR) is 92.8 cm³/mol. The van der Waals surface area contributed by atoms with Gasteiger partial charge in [0.15, 0.2) is 0 Å². The maximum Gasteiger partial charge on any atom is 0.222 e. The summed E-state index contributed by atoms with van der Waals surface area (Å²) >= 11 is 0. The minimum Gasteiger partial charge on any atom is -0.497 e. The Labute approximate surface area is 138 Å². The van der Waals surface area contributed by atoms with Crippen LogP contribution in [0.1, 0.15) is 38.5 Å². The van der Waals surface area contributed by atoms with Crippen molar-refractivity contribution in [2.45, 2.75) is 44.6 Å². The van der Waals surface area contributed by atoms with Crippen LogP contribution in [0.4, 0.5) is 11.4 Å². The van der Waals surface area contributed by atoms with Crippen molar-refractivity contribution in [1.82, 2.24) is 4.90 Å². The average molecular weight is 317 g/mol. The normalized spacial score (nSPS) is 20.5. The zero-order valence-corrected chi connectivity index (χ0v) is 14.0. The van der Waals surface area contributed by atoms with Gasteiger partial charge >= 0.3 is 0 Å². The SMILES string of the molecule is COc1ccc(N2CCC(N3CCCCCC3=O)CC2)c(N)c1. The first-order valence-electron chi connectivity index (χ1n) is 8.67. The second-order valence-electron chi connectivity index (χ2n) is 6.54. The van der Waals surface area contributed by atoms with Gasteiger partial charge in [-0.25, -0.2) is 0 Å². The van der Waals surface area contributed by atoms with E-state index in [1.807, 2.05) is 18.2 Å². The molecule has 0 bridgehead atoms. The van der Waals surface area contributed by atoms with Gasteiger partial charge in [-0.3, -0.25) is 4.79 Å². The summed E-state index contributed by atoms with van der Waals surface area (Å²) in [4.78, 5) is 16.7. The predicted octanol–water partition coefficient (Wildman–Crippen LogP) is 2.65. The zero-order valence-electron chi connectivity index (χ0n) is 14.0. The molecular weight excluding hydrogens is 290 g/mol. The Balaban J connectivity index is 1.63. The average Bonchev–Trinajstić information content (AvgIpc) is 2.79. The lowest BCUT2D eigenvalue weighted by Crippen LogP contribution is -2.47. The van der Waals surface area contributed by atoms with Crippen molar-refractivity contribution in [2.75, 3.05) is 37.4 Å². The van der Waals surface area contributed by atoms with Crippen LogP contribution in [0.3, 0.4) is 0 Å². The molecule has 2 N–H and O–H groups in total. The van der Waals surface area contributed by atoms with E-state index in [1.165, 1.54) is 6.42 Å². The minimum atomic E-state index is 0.352. The Morgan fingerprint density at radius 2 is 1.91 bits per heavy atom. The van der Waals surface area contributed by atoms with Crippen LogP contribution in [0.15, 0.2) is 18.2 Å². The number of carbonyl (C=O) groups excluding carboxylic acids is 1. The number of hydrogen-bond donors (Lipinski definition) is 1. The molecule has 0 radical (unpaired) electrons. The molecule has 2 aliphatic heterocycles. The van der Waals surface area contributed by atoms with Gasteiger partial charge in [0.05, 0.1) is 18.5 Å². The molecule has 2 saturated heterocycles. The molecule has 23 heavy (non-hydrogen) atoms. The summed E-state index contributed by atoms with van der Waals surface area (Å²) < 4.78 is 5.21. The Hall–Kier alpha value is -1.91. The van der Waals surface area contributed by atoms with Crippen molar-refractivity contribution in [3.05, 3.63) is 18.2 Å². The van der Waals surface area contributed by atoms with Gasteiger partial charge in [0.25, 0.3) is 0 Å². The molecule has 1 aromatic rings. The molecule has 0 aliphatic carbocycles. The molecule has 0 saturated carbocycles. The third-order valence-corrected chi connectivity index (χ3v) is 5.09. The quantitative estimate of drug-likeness (QED) is 0.871. The Kier molecular flexibility index (Phi) is 4.94. The van der Waals surface area contributed by atoms with Crippen molar-refractivity contribution in [3.63, 3.8) is 0 Å². The van der Waals surface area contributed by atoms with Crippen LogP contribution < -0.4 is 15.4 Å². The molecule has 2 fully saturated rings. The van der Waals surface area contributed by atoms with Gasteiger partial charge < -0.3 is 20.3 Å². The van der Waals surface area contributed by atoms with Crippen LogP contribution >= 0.6 is 0 Å².